The molecule has 1 amide bonds. The molecule has 0 fully saturated rings. The van der Waals surface area contributed by atoms with Crippen molar-refractivity contribution in [3.8, 4) is 11.1 Å². The minimum Gasteiger partial charge on any atom is -0.479 e. The lowest BCUT2D eigenvalue weighted by Crippen LogP contribution is -2.46. The molecule has 0 bridgehead atoms. The Bertz CT molecular complexity index is 1410. The number of pyridine rings is 1. The smallest absolute Gasteiger partial charge is 0.337 e. The predicted molar refractivity (Wildman–Crippen MR) is 158 cm³/mol. The molecule has 2 aromatic carbocycles. The van der Waals surface area contributed by atoms with Gasteiger partial charge in [0.1, 0.15) is 5.82 Å². The molecule has 4 rings (SSSR count). The van der Waals surface area contributed by atoms with E-state index in [1.807, 2.05) is 69.9 Å². The summed E-state index contributed by atoms with van der Waals surface area (Å²) < 4.78 is 20.3. The number of hydrogen-bond acceptors (Lipinski definition) is 4. The molecule has 1 aliphatic rings. The molecule has 0 saturated carbocycles. The van der Waals surface area contributed by atoms with Gasteiger partial charge in [0.15, 0.2) is 6.10 Å². The van der Waals surface area contributed by atoms with Crippen molar-refractivity contribution in [2.75, 3.05) is 6.54 Å². The largest absolute Gasteiger partial charge is 0.479 e. The molecule has 1 aliphatic heterocycles. The van der Waals surface area contributed by atoms with E-state index in [-0.39, 0.29) is 24.2 Å². The Balaban J connectivity index is 1.92. The zero-order chi connectivity index (χ0) is 30.1. The first-order valence-corrected chi connectivity index (χ1v) is 14.2. The molecular weight excluding hydrogens is 519 g/mol. The van der Waals surface area contributed by atoms with Crippen molar-refractivity contribution >= 4 is 11.9 Å². The first-order valence-electron chi connectivity index (χ1n) is 14.2. The van der Waals surface area contributed by atoms with Crippen LogP contribution >= 0.6 is 0 Å². The van der Waals surface area contributed by atoms with Gasteiger partial charge in [0.05, 0.1) is 17.0 Å². The van der Waals surface area contributed by atoms with Gasteiger partial charge >= 0.3 is 5.97 Å². The number of carbonyl (C=O) groups is 2. The van der Waals surface area contributed by atoms with E-state index in [9.17, 15) is 19.1 Å². The van der Waals surface area contributed by atoms with Gasteiger partial charge in [-0.25, -0.2) is 9.18 Å². The fourth-order valence-electron chi connectivity index (χ4n) is 5.64. The number of carboxylic acids is 1. The van der Waals surface area contributed by atoms with Gasteiger partial charge in [0, 0.05) is 36.1 Å². The highest BCUT2D eigenvalue weighted by atomic mass is 19.1. The second-order valence-corrected chi connectivity index (χ2v) is 12.8. The van der Waals surface area contributed by atoms with Crippen molar-refractivity contribution in [3.63, 3.8) is 0 Å². The maximum atomic E-state index is 14.1. The predicted octanol–water partition coefficient (Wildman–Crippen LogP) is 7.20. The Hall–Kier alpha value is -3.58. The number of rotatable bonds is 8. The summed E-state index contributed by atoms with van der Waals surface area (Å²) in [4.78, 5) is 33.4. The molecule has 2 heterocycles. The normalized spacial score (nSPS) is 15.5. The van der Waals surface area contributed by atoms with Gasteiger partial charge in [-0.05, 0) is 61.9 Å². The quantitative estimate of drug-likeness (QED) is 0.315. The number of amides is 1. The molecule has 3 aromatic rings. The van der Waals surface area contributed by atoms with Gasteiger partial charge in [-0.15, -0.1) is 0 Å². The lowest BCUT2D eigenvalue weighted by Gasteiger charge is -2.42. The fraction of sp³-hybridized carbons (Fsp3) is 0.441. The second kappa shape index (κ2) is 11.7. The van der Waals surface area contributed by atoms with E-state index in [1.165, 1.54) is 12.1 Å². The van der Waals surface area contributed by atoms with Crippen LogP contribution in [0.4, 0.5) is 4.39 Å². The molecule has 218 valence electrons. The number of ether oxygens (including phenoxy) is 1. The minimum absolute atomic E-state index is 0.0212. The van der Waals surface area contributed by atoms with Gasteiger partial charge in [-0.1, -0.05) is 70.2 Å². The molecule has 1 aromatic heterocycles. The highest BCUT2D eigenvalue weighted by Crippen LogP contribution is 2.45. The summed E-state index contributed by atoms with van der Waals surface area (Å²) in [7, 11) is 0. The first kappa shape index (κ1) is 30.4. The molecule has 7 heteroatoms. The van der Waals surface area contributed by atoms with Gasteiger partial charge in [0.25, 0.3) is 0 Å². The summed E-state index contributed by atoms with van der Waals surface area (Å²) in [6, 6.07) is 16.0. The molecule has 6 nitrogen and oxygen atoms in total. The van der Waals surface area contributed by atoms with Crippen LogP contribution in [0.3, 0.4) is 0 Å². The van der Waals surface area contributed by atoms with E-state index >= 15 is 0 Å². The number of halogens is 1. The summed E-state index contributed by atoms with van der Waals surface area (Å²) in [6.45, 7) is 14.3. The monoisotopic (exact) mass is 560 g/mol. The van der Waals surface area contributed by atoms with Crippen LogP contribution in [0.25, 0.3) is 11.1 Å². The third kappa shape index (κ3) is 6.84. The number of hydrogen-bond donors (Lipinski definition) is 1. The standard InChI is InChI=1S/C34H41FN2O4/c1-21(2)29-28(30(32(39)40)41-33(3,4)5)27(23-14-16-24(35)17-15-23)25-19-37(20-34(6,7)31(25)36-29)26(38)18-13-22-11-9-8-10-12-22/h8-12,14-17,21,30H,13,18-20H2,1-7H3,(H,39,40). The van der Waals surface area contributed by atoms with Crippen molar-refractivity contribution < 1.29 is 23.8 Å². The molecular formula is C34H41FN2O4. The minimum atomic E-state index is -1.31. The van der Waals surface area contributed by atoms with Crippen molar-refractivity contribution in [1.82, 2.24) is 9.88 Å². The Morgan fingerprint density at radius 1 is 1.07 bits per heavy atom. The maximum Gasteiger partial charge on any atom is 0.337 e. The first-order chi connectivity index (χ1) is 19.2. The van der Waals surface area contributed by atoms with Gasteiger partial charge in [-0.3, -0.25) is 9.78 Å². The zero-order valence-corrected chi connectivity index (χ0v) is 25.1. The summed E-state index contributed by atoms with van der Waals surface area (Å²) in [6.07, 6.45) is -0.321. The number of benzene rings is 2. The SMILES string of the molecule is CC(C)c1nc2c(c(-c3ccc(F)cc3)c1C(OC(C)(C)C)C(=O)O)CN(C(=O)CCc1ccccc1)CC2(C)C. The zero-order valence-electron chi connectivity index (χ0n) is 25.1. The molecule has 0 aliphatic carbocycles. The van der Waals surface area contributed by atoms with E-state index in [1.54, 1.807) is 12.1 Å². The van der Waals surface area contributed by atoms with Crippen molar-refractivity contribution in [2.24, 2.45) is 0 Å². The van der Waals surface area contributed by atoms with Crippen LogP contribution in [0.2, 0.25) is 0 Å². The molecule has 1 N–H and O–H groups in total. The number of carbonyl (C=O) groups excluding carboxylic acids is 1. The fourth-order valence-corrected chi connectivity index (χ4v) is 5.64. The number of carboxylic acid groups (broad SMARTS) is 1. The Morgan fingerprint density at radius 2 is 1.71 bits per heavy atom. The van der Waals surface area contributed by atoms with Crippen LogP contribution in [0.15, 0.2) is 54.6 Å². The Kier molecular flexibility index (Phi) is 8.69. The lowest BCUT2D eigenvalue weighted by atomic mass is 9.76. The number of nitrogens with zero attached hydrogens (tertiary/aromatic N) is 2. The topological polar surface area (TPSA) is 79.7 Å². The molecule has 0 radical (unpaired) electrons. The number of fused-ring (bicyclic) bond motifs is 1. The van der Waals surface area contributed by atoms with Crippen molar-refractivity contribution in [3.05, 3.63) is 88.5 Å². The van der Waals surface area contributed by atoms with E-state index in [0.717, 1.165) is 16.8 Å². The average Bonchev–Trinajstić information content (AvgIpc) is 2.89. The highest BCUT2D eigenvalue weighted by Gasteiger charge is 2.41. The molecule has 41 heavy (non-hydrogen) atoms. The Morgan fingerprint density at radius 3 is 2.27 bits per heavy atom. The van der Waals surface area contributed by atoms with Gasteiger partial charge in [0.2, 0.25) is 5.91 Å². The van der Waals surface area contributed by atoms with E-state index in [2.05, 4.69) is 13.8 Å². The average molecular weight is 561 g/mol. The van der Waals surface area contributed by atoms with Crippen molar-refractivity contribution in [2.45, 2.75) is 90.9 Å². The van der Waals surface area contributed by atoms with E-state index < -0.39 is 23.1 Å². The van der Waals surface area contributed by atoms with Crippen LogP contribution in [0.5, 0.6) is 0 Å². The maximum absolute atomic E-state index is 14.1. The Labute approximate surface area is 242 Å². The van der Waals surface area contributed by atoms with E-state index in [0.29, 0.717) is 41.8 Å². The van der Waals surface area contributed by atoms with Crippen LogP contribution in [0, 0.1) is 5.82 Å². The van der Waals surface area contributed by atoms with Crippen LogP contribution in [-0.4, -0.2) is 39.0 Å². The van der Waals surface area contributed by atoms with Crippen molar-refractivity contribution in [1.29, 1.82) is 0 Å². The third-order valence-corrected chi connectivity index (χ3v) is 7.40. The molecule has 0 saturated heterocycles. The summed E-state index contributed by atoms with van der Waals surface area (Å²) >= 11 is 0. The second-order valence-electron chi connectivity index (χ2n) is 12.8. The lowest BCUT2D eigenvalue weighted by molar-refractivity contribution is -0.160. The third-order valence-electron chi connectivity index (χ3n) is 7.40. The highest BCUT2D eigenvalue weighted by molar-refractivity contribution is 5.84. The summed E-state index contributed by atoms with van der Waals surface area (Å²) in [5.41, 5.74) is 3.87. The van der Waals surface area contributed by atoms with Crippen LogP contribution in [0.1, 0.15) is 95.0 Å². The van der Waals surface area contributed by atoms with E-state index in [4.69, 9.17) is 9.72 Å². The molecule has 1 atom stereocenters. The number of aryl methyl sites for hydroxylation is 1. The summed E-state index contributed by atoms with van der Waals surface area (Å²) in [5.74, 6) is -1.60. The molecule has 0 spiro atoms. The molecule has 1 unspecified atom stereocenters. The van der Waals surface area contributed by atoms with Crippen LogP contribution in [-0.2, 0) is 32.7 Å². The van der Waals surface area contributed by atoms with Gasteiger partial charge in [-0.2, -0.15) is 0 Å². The number of aromatic nitrogens is 1. The van der Waals surface area contributed by atoms with Gasteiger partial charge < -0.3 is 14.7 Å². The number of aliphatic carboxylic acids is 1. The van der Waals surface area contributed by atoms with Crippen LogP contribution < -0.4 is 0 Å². The summed E-state index contributed by atoms with van der Waals surface area (Å²) in [5, 5.41) is 10.5.